The van der Waals surface area contributed by atoms with Gasteiger partial charge in [0.05, 0.1) is 19.4 Å². The van der Waals surface area contributed by atoms with E-state index in [1.54, 1.807) is 13.2 Å². The largest absolute Gasteiger partial charge is 0.497 e. The van der Waals surface area contributed by atoms with Gasteiger partial charge in [0.2, 0.25) is 5.95 Å². The van der Waals surface area contributed by atoms with Gasteiger partial charge in [-0.25, -0.2) is 9.97 Å². The minimum Gasteiger partial charge on any atom is -0.497 e. The molecule has 0 saturated carbocycles. The summed E-state index contributed by atoms with van der Waals surface area (Å²) < 4.78 is 10.8. The second-order valence-electron chi connectivity index (χ2n) is 6.30. The summed E-state index contributed by atoms with van der Waals surface area (Å²) in [5.74, 6) is 1.54. The Kier molecular flexibility index (Phi) is 6.63. The number of para-hydroxylation sites is 2. The summed E-state index contributed by atoms with van der Waals surface area (Å²) in [6, 6.07) is 16.7. The number of aromatic nitrogens is 2. The Balaban J connectivity index is 1.71. The van der Waals surface area contributed by atoms with Gasteiger partial charge in [-0.3, -0.25) is 4.79 Å². The molecule has 1 amide bonds. The summed E-state index contributed by atoms with van der Waals surface area (Å²) >= 11 is 0. The molecule has 3 rings (SSSR count). The fourth-order valence-corrected chi connectivity index (χ4v) is 2.73. The van der Waals surface area contributed by atoms with E-state index in [0.717, 1.165) is 17.0 Å². The molecule has 1 heterocycles. The molecule has 7 heteroatoms. The number of hydrogen-bond donors (Lipinski definition) is 2. The van der Waals surface area contributed by atoms with Gasteiger partial charge in [0, 0.05) is 12.2 Å². The number of nitrogens with one attached hydrogen (secondary N) is 2. The smallest absolute Gasteiger partial charge is 0.270 e. The van der Waals surface area contributed by atoms with Crippen molar-refractivity contribution >= 4 is 17.5 Å². The van der Waals surface area contributed by atoms with Crippen molar-refractivity contribution < 1.29 is 14.3 Å². The Hall–Kier alpha value is -3.61. The molecule has 0 spiro atoms. The van der Waals surface area contributed by atoms with Gasteiger partial charge in [-0.15, -0.1) is 0 Å². The first-order valence-corrected chi connectivity index (χ1v) is 9.34. The Labute approximate surface area is 170 Å². The first-order valence-electron chi connectivity index (χ1n) is 9.34. The second-order valence-corrected chi connectivity index (χ2v) is 6.30. The Morgan fingerprint density at radius 1 is 1.07 bits per heavy atom. The topological polar surface area (TPSA) is 85.4 Å². The van der Waals surface area contributed by atoms with Crippen LogP contribution in [0.15, 0.2) is 54.6 Å². The SMILES string of the molecule is CCOc1ccccc1Nc1nc(C)cc(C(=O)NCc2ccc(OC)cc2)n1. The highest BCUT2D eigenvalue weighted by Gasteiger charge is 2.12. The molecule has 0 fully saturated rings. The van der Waals surface area contributed by atoms with E-state index in [-0.39, 0.29) is 5.91 Å². The lowest BCUT2D eigenvalue weighted by Gasteiger charge is -2.12. The molecular weight excluding hydrogens is 368 g/mol. The quantitative estimate of drug-likeness (QED) is 0.605. The highest BCUT2D eigenvalue weighted by atomic mass is 16.5. The summed E-state index contributed by atoms with van der Waals surface area (Å²) in [5, 5.41) is 6.02. The van der Waals surface area contributed by atoms with Gasteiger partial charge in [0.1, 0.15) is 17.2 Å². The number of carbonyl (C=O) groups excluding carboxylic acids is 1. The highest BCUT2D eigenvalue weighted by Crippen LogP contribution is 2.26. The molecule has 0 aliphatic rings. The van der Waals surface area contributed by atoms with Crippen LogP contribution >= 0.6 is 0 Å². The maximum atomic E-state index is 12.6. The van der Waals surface area contributed by atoms with Crippen LogP contribution in [0, 0.1) is 6.92 Å². The molecule has 3 aromatic rings. The highest BCUT2D eigenvalue weighted by molar-refractivity contribution is 5.92. The molecule has 1 aromatic heterocycles. The Morgan fingerprint density at radius 2 is 1.83 bits per heavy atom. The minimum atomic E-state index is -0.271. The predicted molar refractivity (Wildman–Crippen MR) is 112 cm³/mol. The zero-order valence-electron chi connectivity index (χ0n) is 16.7. The van der Waals surface area contributed by atoms with Gasteiger partial charge in [-0.05, 0) is 49.7 Å². The number of aryl methyl sites for hydroxylation is 1. The third-order valence-electron chi connectivity index (χ3n) is 4.13. The number of anilines is 2. The van der Waals surface area contributed by atoms with Crippen molar-refractivity contribution in [3.8, 4) is 11.5 Å². The monoisotopic (exact) mass is 392 g/mol. The molecule has 29 heavy (non-hydrogen) atoms. The van der Waals surface area contributed by atoms with Crippen molar-refractivity contribution in [1.29, 1.82) is 0 Å². The molecule has 150 valence electrons. The van der Waals surface area contributed by atoms with Crippen molar-refractivity contribution in [2.45, 2.75) is 20.4 Å². The predicted octanol–water partition coefficient (Wildman–Crippen LogP) is 3.87. The second kappa shape index (κ2) is 9.54. The molecule has 7 nitrogen and oxygen atoms in total. The van der Waals surface area contributed by atoms with Gasteiger partial charge in [0.25, 0.3) is 5.91 Å². The van der Waals surface area contributed by atoms with E-state index < -0.39 is 0 Å². The molecular formula is C22H24N4O3. The van der Waals surface area contributed by atoms with Crippen molar-refractivity contribution in [3.63, 3.8) is 0 Å². The van der Waals surface area contributed by atoms with E-state index in [2.05, 4.69) is 20.6 Å². The summed E-state index contributed by atoms with van der Waals surface area (Å²) in [6.07, 6.45) is 0. The van der Waals surface area contributed by atoms with Crippen molar-refractivity contribution in [2.75, 3.05) is 19.0 Å². The lowest BCUT2D eigenvalue weighted by atomic mass is 10.2. The van der Waals surface area contributed by atoms with Crippen LogP contribution < -0.4 is 20.1 Å². The summed E-state index contributed by atoms with van der Waals surface area (Å²) in [7, 11) is 1.62. The molecule has 2 aromatic carbocycles. The number of amides is 1. The lowest BCUT2D eigenvalue weighted by Crippen LogP contribution is -2.24. The number of hydrogen-bond acceptors (Lipinski definition) is 6. The zero-order chi connectivity index (χ0) is 20.6. The average molecular weight is 392 g/mol. The van der Waals surface area contributed by atoms with E-state index >= 15 is 0 Å². The van der Waals surface area contributed by atoms with Crippen molar-refractivity contribution in [1.82, 2.24) is 15.3 Å². The number of carbonyl (C=O) groups is 1. The first-order chi connectivity index (χ1) is 14.1. The fraction of sp³-hybridized carbons (Fsp3) is 0.227. The van der Waals surface area contributed by atoms with Crippen LogP contribution in [-0.4, -0.2) is 29.6 Å². The Morgan fingerprint density at radius 3 is 2.55 bits per heavy atom. The molecule has 2 N–H and O–H groups in total. The maximum Gasteiger partial charge on any atom is 0.270 e. The third-order valence-corrected chi connectivity index (χ3v) is 4.13. The number of ether oxygens (including phenoxy) is 2. The van der Waals surface area contributed by atoms with E-state index in [1.165, 1.54) is 0 Å². The molecule has 0 aliphatic heterocycles. The lowest BCUT2D eigenvalue weighted by molar-refractivity contribution is 0.0945. The molecule has 0 radical (unpaired) electrons. The number of nitrogens with zero attached hydrogens (tertiary/aromatic N) is 2. The number of benzene rings is 2. The summed E-state index contributed by atoms with van der Waals surface area (Å²) in [4.78, 5) is 21.3. The van der Waals surface area contributed by atoms with Crippen LogP contribution in [0.4, 0.5) is 11.6 Å². The zero-order valence-corrected chi connectivity index (χ0v) is 16.7. The van der Waals surface area contributed by atoms with Gasteiger partial charge in [0.15, 0.2) is 0 Å². The molecule has 0 unspecified atom stereocenters. The van der Waals surface area contributed by atoms with Crippen LogP contribution in [-0.2, 0) is 6.54 Å². The summed E-state index contributed by atoms with van der Waals surface area (Å²) in [6.45, 7) is 4.68. The van der Waals surface area contributed by atoms with Gasteiger partial charge >= 0.3 is 0 Å². The van der Waals surface area contributed by atoms with Gasteiger partial charge in [-0.1, -0.05) is 24.3 Å². The Bertz CT molecular complexity index is 974. The number of methoxy groups -OCH3 is 1. The van der Waals surface area contributed by atoms with Gasteiger partial charge in [-0.2, -0.15) is 0 Å². The van der Waals surface area contributed by atoms with Gasteiger partial charge < -0.3 is 20.1 Å². The van der Waals surface area contributed by atoms with Crippen molar-refractivity contribution in [3.05, 3.63) is 71.5 Å². The van der Waals surface area contributed by atoms with Crippen molar-refractivity contribution in [2.24, 2.45) is 0 Å². The third kappa shape index (κ3) is 5.44. The van der Waals surface area contributed by atoms with Crippen LogP contribution in [0.3, 0.4) is 0 Å². The normalized spacial score (nSPS) is 10.3. The van der Waals surface area contributed by atoms with E-state index in [9.17, 15) is 4.79 Å². The van der Waals surface area contributed by atoms with E-state index in [0.29, 0.717) is 36.2 Å². The van der Waals surface area contributed by atoms with E-state index in [4.69, 9.17) is 9.47 Å². The van der Waals surface area contributed by atoms with Crippen LogP contribution in [0.5, 0.6) is 11.5 Å². The van der Waals surface area contributed by atoms with Crippen LogP contribution in [0.25, 0.3) is 0 Å². The van der Waals surface area contributed by atoms with E-state index in [1.807, 2.05) is 62.4 Å². The fourth-order valence-electron chi connectivity index (χ4n) is 2.73. The standard InChI is InChI=1S/C22H24N4O3/c1-4-29-20-8-6-5-7-18(20)25-22-24-15(2)13-19(26-22)21(27)23-14-16-9-11-17(28-3)12-10-16/h5-13H,4,14H2,1-3H3,(H,23,27)(H,24,25,26). The first kappa shape index (κ1) is 20.1. The summed E-state index contributed by atoms with van der Waals surface area (Å²) in [5.41, 5.74) is 2.69. The molecule has 0 saturated heterocycles. The molecule has 0 atom stereocenters. The number of rotatable bonds is 8. The average Bonchev–Trinajstić information content (AvgIpc) is 2.73. The maximum absolute atomic E-state index is 12.6. The van der Waals surface area contributed by atoms with Crippen LogP contribution in [0.2, 0.25) is 0 Å². The molecule has 0 aliphatic carbocycles. The minimum absolute atomic E-state index is 0.271. The molecule has 0 bridgehead atoms. The van der Waals surface area contributed by atoms with Crippen LogP contribution in [0.1, 0.15) is 28.7 Å².